The van der Waals surface area contributed by atoms with Gasteiger partial charge in [-0.25, -0.2) is 15.0 Å². The molecule has 0 spiro atoms. The van der Waals surface area contributed by atoms with Crippen LogP contribution in [0.2, 0.25) is 0 Å². The molecule has 0 atom stereocenters. The van der Waals surface area contributed by atoms with Crippen molar-refractivity contribution in [1.82, 2.24) is 20.2 Å². The second-order valence-corrected chi connectivity index (χ2v) is 6.37. The number of aromatic nitrogens is 2. The summed E-state index contributed by atoms with van der Waals surface area (Å²) in [7, 11) is 3.31. The van der Waals surface area contributed by atoms with Gasteiger partial charge in [-0.2, -0.15) is 0 Å². The second kappa shape index (κ2) is 9.77. The number of anilines is 1. The van der Waals surface area contributed by atoms with E-state index in [1.54, 1.807) is 26.6 Å². The van der Waals surface area contributed by atoms with Gasteiger partial charge in [-0.05, 0) is 25.1 Å². The third kappa shape index (κ3) is 4.82. The van der Waals surface area contributed by atoms with E-state index < -0.39 is 0 Å². The fourth-order valence-electron chi connectivity index (χ4n) is 3.14. The van der Waals surface area contributed by atoms with E-state index in [9.17, 15) is 0 Å². The molecule has 0 aliphatic carbocycles. The first-order valence-corrected chi connectivity index (χ1v) is 9.51. The molecule has 1 N–H and O–H groups in total. The topological polar surface area (TPSA) is 75.1 Å². The quantitative estimate of drug-likeness (QED) is 0.601. The van der Waals surface area contributed by atoms with Crippen LogP contribution in [0.25, 0.3) is 0 Å². The van der Waals surface area contributed by atoms with Crippen LogP contribution in [-0.2, 0) is 6.54 Å². The van der Waals surface area contributed by atoms with E-state index in [0.29, 0.717) is 6.54 Å². The fraction of sp³-hybridized carbons (Fsp3) is 0.450. The van der Waals surface area contributed by atoms with Gasteiger partial charge in [-0.15, -0.1) is 0 Å². The third-order valence-electron chi connectivity index (χ3n) is 4.64. The van der Waals surface area contributed by atoms with Crippen molar-refractivity contribution in [3.63, 3.8) is 0 Å². The van der Waals surface area contributed by atoms with E-state index in [-0.39, 0.29) is 0 Å². The Labute approximate surface area is 166 Å². The predicted octanol–water partition coefficient (Wildman–Crippen LogP) is 1.78. The summed E-state index contributed by atoms with van der Waals surface area (Å²) >= 11 is 0. The zero-order valence-electron chi connectivity index (χ0n) is 16.8. The number of nitrogens with zero attached hydrogens (tertiary/aromatic N) is 5. The van der Waals surface area contributed by atoms with Gasteiger partial charge in [-0.3, -0.25) is 0 Å². The molecule has 1 aromatic heterocycles. The van der Waals surface area contributed by atoms with Gasteiger partial charge in [0.25, 0.3) is 0 Å². The number of hydrogen-bond donors (Lipinski definition) is 1. The number of ether oxygens (including phenoxy) is 2. The number of benzene rings is 1. The lowest BCUT2D eigenvalue weighted by Crippen LogP contribution is -2.52. The summed E-state index contributed by atoms with van der Waals surface area (Å²) in [6.45, 7) is 6.89. The number of methoxy groups -OCH3 is 2. The molecule has 1 fully saturated rings. The number of guanidine groups is 1. The number of hydrogen-bond acceptors (Lipinski definition) is 6. The first-order chi connectivity index (χ1) is 13.7. The molecular formula is C20H28N6O2. The van der Waals surface area contributed by atoms with Crippen molar-refractivity contribution in [2.45, 2.75) is 13.5 Å². The zero-order chi connectivity index (χ0) is 19.8. The van der Waals surface area contributed by atoms with E-state index in [0.717, 1.165) is 61.7 Å². The van der Waals surface area contributed by atoms with Crippen LogP contribution in [0, 0.1) is 0 Å². The zero-order valence-corrected chi connectivity index (χ0v) is 16.8. The normalized spacial score (nSPS) is 14.8. The molecule has 1 saturated heterocycles. The monoisotopic (exact) mass is 384 g/mol. The van der Waals surface area contributed by atoms with Crippen LogP contribution >= 0.6 is 0 Å². The lowest BCUT2D eigenvalue weighted by atomic mass is 10.2. The van der Waals surface area contributed by atoms with E-state index in [1.807, 2.05) is 24.3 Å². The molecule has 0 amide bonds. The molecule has 1 aliphatic rings. The molecule has 8 heteroatoms. The molecule has 8 nitrogen and oxygen atoms in total. The van der Waals surface area contributed by atoms with E-state index in [1.165, 1.54) is 0 Å². The van der Waals surface area contributed by atoms with Crippen LogP contribution < -0.4 is 19.7 Å². The molecule has 3 rings (SSSR count). The molecule has 1 aliphatic heterocycles. The number of aliphatic imine (C=N–C) groups is 1. The Balaban J connectivity index is 1.67. The molecule has 0 radical (unpaired) electrons. The Morgan fingerprint density at radius 1 is 1.11 bits per heavy atom. The highest BCUT2D eigenvalue weighted by Gasteiger charge is 2.21. The van der Waals surface area contributed by atoms with Crippen molar-refractivity contribution >= 4 is 11.9 Å². The third-order valence-corrected chi connectivity index (χ3v) is 4.64. The minimum Gasteiger partial charge on any atom is -0.497 e. The van der Waals surface area contributed by atoms with E-state index in [2.05, 4.69) is 32.0 Å². The smallest absolute Gasteiger partial charge is 0.225 e. The van der Waals surface area contributed by atoms with Gasteiger partial charge in [0.15, 0.2) is 5.96 Å². The molecule has 0 saturated carbocycles. The first-order valence-electron chi connectivity index (χ1n) is 9.51. The van der Waals surface area contributed by atoms with Gasteiger partial charge in [0.05, 0.1) is 20.8 Å². The summed E-state index contributed by atoms with van der Waals surface area (Å²) in [6, 6.07) is 7.65. The van der Waals surface area contributed by atoms with Crippen molar-refractivity contribution in [3.8, 4) is 11.5 Å². The van der Waals surface area contributed by atoms with Crippen LogP contribution in [0.5, 0.6) is 11.5 Å². The fourth-order valence-corrected chi connectivity index (χ4v) is 3.14. The SMILES string of the molecule is CCNC(=NCc1ccc(OC)cc1OC)N1CCN(c2ncccn2)CC1. The van der Waals surface area contributed by atoms with Gasteiger partial charge in [-0.1, -0.05) is 0 Å². The van der Waals surface area contributed by atoms with Crippen LogP contribution in [0.15, 0.2) is 41.7 Å². The summed E-state index contributed by atoms with van der Waals surface area (Å²) in [5.41, 5.74) is 1.02. The van der Waals surface area contributed by atoms with Gasteiger partial charge in [0, 0.05) is 56.7 Å². The van der Waals surface area contributed by atoms with Crippen molar-refractivity contribution in [3.05, 3.63) is 42.2 Å². The van der Waals surface area contributed by atoms with Crippen LogP contribution in [-0.4, -0.2) is 67.8 Å². The highest BCUT2D eigenvalue weighted by Crippen LogP contribution is 2.25. The first kappa shape index (κ1) is 19.7. The van der Waals surface area contributed by atoms with Crippen molar-refractivity contribution in [2.75, 3.05) is 51.8 Å². The number of piperazine rings is 1. The lowest BCUT2D eigenvalue weighted by molar-refractivity contribution is 0.369. The minimum atomic E-state index is 0.539. The summed E-state index contributed by atoms with van der Waals surface area (Å²) in [5, 5.41) is 3.40. The Hall–Kier alpha value is -3.03. The summed E-state index contributed by atoms with van der Waals surface area (Å²) in [6.07, 6.45) is 3.56. The molecule has 0 unspecified atom stereocenters. The van der Waals surface area contributed by atoms with Crippen molar-refractivity contribution in [2.24, 2.45) is 4.99 Å². The molecule has 2 aromatic rings. The maximum atomic E-state index is 5.48. The molecule has 28 heavy (non-hydrogen) atoms. The summed E-state index contributed by atoms with van der Waals surface area (Å²) in [5.74, 6) is 3.25. The van der Waals surface area contributed by atoms with Gasteiger partial charge >= 0.3 is 0 Å². The van der Waals surface area contributed by atoms with E-state index in [4.69, 9.17) is 14.5 Å². The van der Waals surface area contributed by atoms with Crippen molar-refractivity contribution in [1.29, 1.82) is 0 Å². The number of nitrogens with one attached hydrogen (secondary N) is 1. The largest absolute Gasteiger partial charge is 0.497 e. The highest BCUT2D eigenvalue weighted by atomic mass is 16.5. The van der Waals surface area contributed by atoms with Crippen LogP contribution in [0.3, 0.4) is 0 Å². The Morgan fingerprint density at radius 3 is 2.50 bits per heavy atom. The second-order valence-electron chi connectivity index (χ2n) is 6.37. The molecular weight excluding hydrogens is 356 g/mol. The highest BCUT2D eigenvalue weighted by molar-refractivity contribution is 5.80. The molecule has 1 aromatic carbocycles. The standard InChI is InChI=1S/C20H28N6O2/c1-4-21-19(24-15-16-6-7-17(27-2)14-18(16)28-3)25-10-12-26(13-11-25)20-22-8-5-9-23-20/h5-9,14H,4,10-13,15H2,1-3H3,(H,21,24). The maximum Gasteiger partial charge on any atom is 0.225 e. The van der Waals surface area contributed by atoms with E-state index >= 15 is 0 Å². The molecule has 2 heterocycles. The number of rotatable bonds is 6. The Bertz CT molecular complexity index is 776. The Kier molecular flexibility index (Phi) is 6.89. The van der Waals surface area contributed by atoms with Gasteiger partial charge in [0.2, 0.25) is 5.95 Å². The average molecular weight is 384 g/mol. The summed E-state index contributed by atoms with van der Waals surface area (Å²) in [4.78, 5) is 18.0. The Morgan fingerprint density at radius 2 is 1.86 bits per heavy atom. The average Bonchev–Trinajstić information content (AvgIpc) is 2.77. The maximum absolute atomic E-state index is 5.48. The molecule has 0 bridgehead atoms. The minimum absolute atomic E-state index is 0.539. The lowest BCUT2D eigenvalue weighted by Gasteiger charge is -2.36. The molecule has 150 valence electrons. The van der Waals surface area contributed by atoms with Crippen LogP contribution in [0.1, 0.15) is 12.5 Å². The van der Waals surface area contributed by atoms with Crippen LogP contribution in [0.4, 0.5) is 5.95 Å². The summed E-state index contributed by atoms with van der Waals surface area (Å²) < 4.78 is 10.8. The van der Waals surface area contributed by atoms with Gasteiger partial charge < -0.3 is 24.6 Å². The predicted molar refractivity (Wildman–Crippen MR) is 110 cm³/mol. The van der Waals surface area contributed by atoms with Crippen molar-refractivity contribution < 1.29 is 9.47 Å². The van der Waals surface area contributed by atoms with Gasteiger partial charge in [0.1, 0.15) is 11.5 Å².